The number of hydrogen-bond donors (Lipinski definition) is 0. The lowest BCUT2D eigenvalue weighted by molar-refractivity contribution is 1.18. The minimum absolute atomic E-state index is 1.09. The van der Waals surface area contributed by atoms with Crippen LogP contribution in [-0.2, 0) is 0 Å². The fourth-order valence-electron chi connectivity index (χ4n) is 7.85. The summed E-state index contributed by atoms with van der Waals surface area (Å²) in [5.74, 6) is 0. The molecular weight excluding hydrogens is 764 g/mol. The van der Waals surface area contributed by atoms with Crippen LogP contribution >= 0.6 is 31.9 Å². The standard InChI is InChI=1S/C48H30Br2N2/c49-37-21-23-47-43(29-37)41-17-1-3-19-45(41)51(47)39-15-7-13-35(27-39)33-11-5-9-31(25-33)32-10-6-12-34(26-32)36-14-8-16-40(28-36)52-46-20-4-2-18-42(46)44-30-38(50)22-24-48(44)52/h1-30H. The van der Waals surface area contributed by atoms with Gasteiger partial charge >= 0.3 is 0 Å². The van der Waals surface area contributed by atoms with Gasteiger partial charge in [0.2, 0.25) is 0 Å². The molecule has 2 nitrogen and oxygen atoms in total. The first-order valence-electron chi connectivity index (χ1n) is 17.4. The van der Waals surface area contributed by atoms with Gasteiger partial charge in [-0.3, -0.25) is 0 Å². The average Bonchev–Trinajstić information content (AvgIpc) is 3.70. The number of rotatable bonds is 5. The molecule has 0 spiro atoms. The third-order valence-corrected chi connectivity index (χ3v) is 11.2. The van der Waals surface area contributed by atoms with E-state index in [0.717, 1.165) is 20.3 Å². The molecule has 52 heavy (non-hydrogen) atoms. The van der Waals surface area contributed by atoms with E-state index in [2.05, 4.69) is 223 Å². The summed E-state index contributed by atoms with van der Waals surface area (Å²) in [6.45, 7) is 0. The van der Waals surface area contributed by atoms with Crippen LogP contribution in [0.3, 0.4) is 0 Å². The summed E-state index contributed by atoms with van der Waals surface area (Å²) >= 11 is 7.37. The highest BCUT2D eigenvalue weighted by Crippen LogP contribution is 2.37. The summed E-state index contributed by atoms with van der Waals surface area (Å²) < 4.78 is 6.92. The van der Waals surface area contributed by atoms with Crippen LogP contribution in [0.15, 0.2) is 191 Å². The minimum Gasteiger partial charge on any atom is -0.309 e. The molecule has 0 amide bonds. The Balaban J connectivity index is 1.02. The van der Waals surface area contributed by atoms with Crippen molar-refractivity contribution in [3.8, 4) is 44.8 Å². The zero-order chi connectivity index (χ0) is 34.8. The molecule has 0 radical (unpaired) electrons. The van der Waals surface area contributed by atoms with Crippen molar-refractivity contribution in [2.45, 2.75) is 0 Å². The predicted molar refractivity (Wildman–Crippen MR) is 227 cm³/mol. The Hall–Kier alpha value is -5.68. The Kier molecular flexibility index (Phi) is 7.49. The first-order valence-corrected chi connectivity index (χ1v) is 19.0. The highest BCUT2D eigenvalue weighted by Gasteiger charge is 2.15. The molecule has 8 aromatic carbocycles. The Bertz CT molecular complexity index is 2800. The van der Waals surface area contributed by atoms with Crippen LogP contribution in [0, 0.1) is 0 Å². The van der Waals surface area contributed by atoms with Crippen LogP contribution in [-0.4, -0.2) is 9.13 Å². The molecule has 0 unspecified atom stereocenters. The van der Waals surface area contributed by atoms with Gasteiger partial charge in [-0.25, -0.2) is 0 Å². The average molecular weight is 795 g/mol. The number of nitrogens with zero attached hydrogens (tertiary/aromatic N) is 2. The van der Waals surface area contributed by atoms with Crippen molar-refractivity contribution in [3.63, 3.8) is 0 Å². The smallest absolute Gasteiger partial charge is 0.0541 e. The van der Waals surface area contributed by atoms with E-state index in [1.54, 1.807) is 0 Å². The van der Waals surface area contributed by atoms with Crippen LogP contribution in [0.4, 0.5) is 0 Å². The molecule has 0 aliphatic carbocycles. The summed E-state index contributed by atoms with van der Waals surface area (Å²) in [7, 11) is 0. The lowest BCUT2D eigenvalue weighted by Crippen LogP contribution is -1.94. The molecule has 0 atom stereocenters. The highest BCUT2D eigenvalue weighted by molar-refractivity contribution is 9.10. The molecule has 2 heterocycles. The zero-order valence-electron chi connectivity index (χ0n) is 28.0. The Labute approximate surface area is 318 Å². The van der Waals surface area contributed by atoms with Gasteiger partial charge in [-0.1, -0.05) is 129 Å². The Morgan fingerprint density at radius 1 is 0.269 bits per heavy atom. The summed E-state index contributed by atoms with van der Waals surface area (Å²) in [5, 5.41) is 4.98. The monoisotopic (exact) mass is 792 g/mol. The molecule has 0 saturated carbocycles. The van der Waals surface area contributed by atoms with Crippen LogP contribution in [0.5, 0.6) is 0 Å². The van der Waals surface area contributed by atoms with Gasteiger partial charge in [0.1, 0.15) is 0 Å². The molecule has 0 fully saturated rings. The molecule has 10 rings (SSSR count). The number of fused-ring (bicyclic) bond motifs is 6. The van der Waals surface area contributed by atoms with Crippen LogP contribution < -0.4 is 0 Å². The SMILES string of the molecule is Brc1ccc2c(c1)c1ccccc1n2-c1cccc(-c2cccc(-c3cccc(-c4cccc(-n5c6ccccc6c6cc(Br)ccc65)c4)c3)c2)c1. The van der Waals surface area contributed by atoms with E-state index in [-0.39, 0.29) is 0 Å². The topological polar surface area (TPSA) is 9.86 Å². The van der Waals surface area contributed by atoms with Crippen molar-refractivity contribution < 1.29 is 0 Å². The van der Waals surface area contributed by atoms with Gasteiger partial charge in [0.25, 0.3) is 0 Å². The Morgan fingerprint density at radius 3 is 1.04 bits per heavy atom. The maximum Gasteiger partial charge on any atom is 0.0541 e. The molecule has 10 aromatic rings. The number of benzene rings is 8. The summed E-state index contributed by atoms with van der Waals surface area (Å²) in [4.78, 5) is 0. The van der Waals surface area contributed by atoms with Gasteiger partial charge in [-0.2, -0.15) is 0 Å². The third-order valence-electron chi connectivity index (χ3n) is 10.2. The zero-order valence-corrected chi connectivity index (χ0v) is 31.1. The first kappa shape index (κ1) is 31.1. The van der Waals surface area contributed by atoms with Crippen LogP contribution in [0.2, 0.25) is 0 Å². The van der Waals surface area contributed by atoms with Crippen molar-refractivity contribution in [1.82, 2.24) is 9.13 Å². The van der Waals surface area contributed by atoms with E-state index in [1.807, 2.05) is 0 Å². The van der Waals surface area contributed by atoms with Crippen molar-refractivity contribution in [3.05, 3.63) is 191 Å². The van der Waals surface area contributed by atoms with E-state index < -0.39 is 0 Å². The molecule has 246 valence electrons. The van der Waals surface area contributed by atoms with Crippen molar-refractivity contribution in [1.29, 1.82) is 0 Å². The van der Waals surface area contributed by atoms with Gasteiger partial charge < -0.3 is 9.13 Å². The molecule has 0 saturated heterocycles. The van der Waals surface area contributed by atoms with Crippen molar-refractivity contribution >= 4 is 75.5 Å². The van der Waals surface area contributed by atoms with Gasteiger partial charge in [0.15, 0.2) is 0 Å². The lowest BCUT2D eigenvalue weighted by atomic mass is 9.96. The van der Waals surface area contributed by atoms with Crippen LogP contribution in [0.1, 0.15) is 0 Å². The van der Waals surface area contributed by atoms with E-state index in [0.29, 0.717) is 0 Å². The minimum atomic E-state index is 1.09. The fraction of sp³-hybridized carbons (Fsp3) is 0. The maximum absolute atomic E-state index is 3.69. The quantitative estimate of drug-likeness (QED) is 0.164. The predicted octanol–water partition coefficient (Wildman–Crippen LogP) is 14.4. The van der Waals surface area contributed by atoms with Crippen molar-refractivity contribution in [2.24, 2.45) is 0 Å². The van der Waals surface area contributed by atoms with Gasteiger partial charge in [-0.15, -0.1) is 0 Å². The van der Waals surface area contributed by atoms with E-state index in [4.69, 9.17) is 0 Å². The lowest BCUT2D eigenvalue weighted by Gasteiger charge is -2.12. The molecule has 0 aliphatic heterocycles. The highest BCUT2D eigenvalue weighted by atomic mass is 79.9. The molecule has 4 heteroatoms. The molecular formula is C48H30Br2N2. The van der Waals surface area contributed by atoms with Gasteiger partial charge in [-0.05, 0) is 118 Å². The molecule has 0 bridgehead atoms. The number of para-hydroxylation sites is 2. The van der Waals surface area contributed by atoms with Gasteiger partial charge in [0.05, 0.1) is 22.1 Å². The second kappa shape index (κ2) is 12.5. The first-order chi connectivity index (χ1) is 25.6. The third kappa shape index (κ3) is 5.21. The second-order valence-electron chi connectivity index (χ2n) is 13.3. The molecule has 0 N–H and O–H groups in total. The molecule has 2 aromatic heterocycles. The van der Waals surface area contributed by atoms with E-state index >= 15 is 0 Å². The number of hydrogen-bond acceptors (Lipinski definition) is 0. The Morgan fingerprint density at radius 2 is 0.615 bits per heavy atom. The van der Waals surface area contributed by atoms with Crippen LogP contribution in [0.25, 0.3) is 88.4 Å². The number of aromatic nitrogens is 2. The van der Waals surface area contributed by atoms with Crippen molar-refractivity contribution in [2.75, 3.05) is 0 Å². The number of halogens is 2. The van der Waals surface area contributed by atoms with Gasteiger partial charge in [0, 0.05) is 41.9 Å². The summed E-state index contributed by atoms with van der Waals surface area (Å²) in [5.41, 5.74) is 14.2. The fourth-order valence-corrected chi connectivity index (χ4v) is 8.57. The maximum atomic E-state index is 3.69. The molecule has 0 aliphatic rings. The van der Waals surface area contributed by atoms with E-state index in [9.17, 15) is 0 Å². The summed E-state index contributed by atoms with van der Waals surface area (Å²) in [6.07, 6.45) is 0. The normalized spacial score (nSPS) is 11.7. The summed E-state index contributed by atoms with van der Waals surface area (Å²) in [6, 6.07) is 66.0. The van der Waals surface area contributed by atoms with E-state index in [1.165, 1.54) is 77.0 Å². The second-order valence-corrected chi connectivity index (χ2v) is 15.1. The largest absolute Gasteiger partial charge is 0.309 e.